The van der Waals surface area contributed by atoms with Gasteiger partial charge in [0.1, 0.15) is 11.6 Å². The monoisotopic (exact) mass is 216 g/mol. The van der Waals surface area contributed by atoms with Crippen molar-refractivity contribution in [2.45, 2.75) is 26.2 Å². The van der Waals surface area contributed by atoms with Gasteiger partial charge >= 0.3 is 0 Å². The van der Waals surface area contributed by atoms with Crippen LogP contribution in [-0.2, 0) is 17.1 Å². The maximum atomic E-state index is 13.0. The molecule has 15 heavy (non-hydrogen) atoms. The number of halogens is 3. The molecule has 0 aliphatic heterocycles. The minimum Gasteiger partial charge on any atom is -0.300 e. The van der Waals surface area contributed by atoms with Crippen molar-refractivity contribution in [3.8, 4) is 0 Å². The number of hydrogen-bond acceptors (Lipinski definition) is 1. The van der Waals surface area contributed by atoms with Crippen LogP contribution in [0.1, 0.15) is 25.0 Å². The fourth-order valence-corrected chi connectivity index (χ4v) is 1.31. The zero-order valence-electron chi connectivity index (χ0n) is 8.48. The molecule has 0 radical (unpaired) electrons. The first-order chi connectivity index (χ1) is 6.80. The van der Waals surface area contributed by atoms with Gasteiger partial charge in [0.05, 0.1) is 5.56 Å². The van der Waals surface area contributed by atoms with Gasteiger partial charge < -0.3 is 0 Å². The maximum absolute atomic E-state index is 13.0. The molecule has 0 saturated carbocycles. The van der Waals surface area contributed by atoms with Crippen LogP contribution < -0.4 is 0 Å². The molecule has 0 spiro atoms. The lowest BCUT2D eigenvalue weighted by molar-refractivity contribution is -0.116. The highest BCUT2D eigenvalue weighted by molar-refractivity contribution is 5.78. The van der Waals surface area contributed by atoms with E-state index in [1.54, 1.807) is 0 Å². The third kappa shape index (κ3) is 3.08. The van der Waals surface area contributed by atoms with Crippen LogP contribution in [-0.4, -0.2) is 5.78 Å². The topological polar surface area (TPSA) is 17.1 Å². The summed E-state index contributed by atoms with van der Waals surface area (Å²) in [6.45, 7) is 1.98. The molecule has 1 rings (SSSR count). The number of ketones is 1. The predicted molar refractivity (Wildman–Crippen MR) is 50.4 cm³/mol. The van der Waals surface area contributed by atoms with Gasteiger partial charge in [-0.15, -0.1) is 0 Å². The van der Waals surface area contributed by atoms with E-state index in [0.29, 0.717) is 12.5 Å². The van der Waals surface area contributed by atoms with Crippen molar-refractivity contribution >= 4 is 5.78 Å². The molecule has 1 aromatic rings. The number of hydrogen-bond donors (Lipinski definition) is 0. The summed E-state index contributed by atoms with van der Waals surface area (Å²) in [6.07, 6.45) is 0.0450. The molecule has 4 heteroatoms. The number of carbonyl (C=O) groups excluding carboxylic acids is 1. The first-order valence-corrected chi connectivity index (χ1v) is 4.47. The average molecular weight is 216 g/mol. The van der Waals surface area contributed by atoms with Gasteiger partial charge in [0.2, 0.25) is 0 Å². The average Bonchev–Trinajstić information content (AvgIpc) is 2.05. The molecule has 1 aromatic carbocycles. The van der Waals surface area contributed by atoms with Crippen molar-refractivity contribution in [2.24, 2.45) is 0 Å². The summed E-state index contributed by atoms with van der Waals surface area (Å²) in [5.41, 5.74) is -0.262. The molecule has 0 amide bonds. The molecule has 1 nitrogen and oxygen atoms in total. The number of benzene rings is 1. The van der Waals surface area contributed by atoms with E-state index in [4.69, 9.17) is 0 Å². The minimum absolute atomic E-state index is 0.0450. The van der Waals surface area contributed by atoms with Crippen LogP contribution in [0.5, 0.6) is 0 Å². The maximum Gasteiger partial charge on any atom is 0.273 e. The zero-order chi connectivity index (χ0) is 11.6. The third-order valence-electron chi connectivity index (χ3n) is 1.96. The smallest absolute Gasteiger partial charge is 0.273 e. The van der Waals surface area contributed by atoms with Crippen molar-refractivity contribution < 1.29 is 18.0 Å². The van der Waals surface area contributed by atoms with Gasteiger partial charge in [0.25, 0.3) is 5.92 Å². The Labute approximate surface area is 85.9 Å². The van der Waals surface area contributed by atoms with Gasteiger partial charge in [0, 0.05) is 13.3 Å². The summed E-state index contributed by atoms with van der Waals surface area (Å²) in [5, 5.41) is 0. The van der Waals surface area contributed by atoms with Crippen molar-refractivity contribution in [3.05, 3.63) is 35.1 Å². The highest BCUT2D eigenvalue weighted by atomic mass is 19.3. The van der Waals surface area contributed by atoms with Crippen molar-refractivity contribution in [1.82, 2.24) is 0 Å². The molecular weight excluding hydrogens is 205 g/mol. The molecule has 0 aliphatic carbocycles. The molecule has 0 unspecified atom stereocenters. The van der Waals surface area contributed by atoms with E-state index in [-0.39, 0.29) is 12.2 Å². The number of Topliss-reactive ketones (excluding diaryl/α,β-unsaturated/α-hetero) is 1. The second-order valence-corrected chi connectivity index (χ2v) is 3.58. The van der Waals surface area contributed by atoms with Crippen LogP contribution in [0.3, 0.4) is 0 Å². The Hall–Kier alpha value is -1.32. The fourth-order valence-electron chi connectivity index (χ4n) is 1.31. The normalized spacial score (nSPS) is 11.5. The largest absolute Gasteiger partial charge is 0.300 e. The lowest BCUT2D eigenvalue weighted by atomic mass is 10.0. The van der Waals surface area contributed by atoms with E-state index in [1.807, 2.05) is 0 Å². The predicted octanol–water partition coefficient (Wildman–Crippen LogP) is 3.07. The summed E-state index contributed by atoms with van der Waals surface area (Å²) in [4.78, 5) is 10.8. The van der Waals surface area contributed by atoms with E-state index in [2.05, 4.69) is 0 Å². The Bertz CT molecular complexity index is 380. The second-order valence-electron chi connectivity index (χ2n) is 3.58. The lowest BCUT2D eigenvalue weighted by Crippen LogP contribution is -2.11. The van der Waals surface area contributed by atoms with Gasteiger partial charge in [0.15, 0.2) is 0 Å². The summed E-state index contributed by atoms with van der Waals surface area (Å²) in [5.74, 6) is -4.32. The Morgan fingerprint density at radius 1 is 1.40 bits per heavy atom. The second kappa shape index (κ2) is 4.04. The van der Waals surface area contributed by atoms with Crippen LogP contribution >= 0.6 is 0 Å². The van der Waals surface area contributed by atoms with Crippen molar-refractivity contribution in [2.75, 3.05) is 0 Å². The molecule has 82 valence electrons. The molecule has 0 bridgehead atoms. The van der Waals surface area contributed by atoms with Crippen LogP contribution in [0.4, 0.5) is 13.2 Å². The molecule has 0 aromatic heterocycles. The molecule has 0 fully saturated rings. The molecule has 0 heterocycles. The van der Waals surface area contributed by atoms with Gasteiger partial charge in [-0.05, 0) is 24.6 Å². The quantitative estimate of drug-likeness (QED) is 0.758. The highest BCUT2D eigenvalue weighted by Crippen LogP contribution is 2.29. The summed E-state index contributed by atoms with van der Waals surface area (Å²) in [6, 6.07) is 3.34. The standard InChI is InChI=1S/C11H11F3O/c1-7(15)5-8-3-4-10(12)9(6-8)11(2,13)14/h3-4,6H,5H2,1-2H3. The first kappa shape index (κ1) is 11.8. The number of alkyl halides is 2. The summed E-state index contributed by atoms with van der Waals surface area (Å²) in [7, 11) is 0. The van der Waals surface area contributed by atoms with Gasteiger partial charge in [-0.1, -0.05) is 6.07 Å². The summed E-state index contributed by atoms with van der Waals surface area (Å²) < 4.78 is 38.9. The van der Waals surface area contributed by atoms with Crippen LogP contribution in [0.15, 0.2) is 18.2 Å². The van der Waals surface area contributed by atoms with Gasteiger partial charge in [-0.25, -0.2) is 13.2 Å². The fraction of sp³-hybridized carbons (Fsp3) is 0.364. The summed E-state index contributed by atoms with van der Waals surface area (Å²) >= 11 is 0. The minimum atomic E-state index is -3.23. The van der Waals surface area contributed by atoms with E-state index in [9.17, 15) is 18.0 Å². The van der Waals surface area contributed by atoms with Crippen LogP contribution in [0.25, 0.3) is 0 Å². The SMILES string of the molecule is CC(=O)Cc1ccc(F)c(C(C)(F)F)c1. The first-order valence-electron chi connectivity index (χ1n) is 4.47. The molecular formula is C11H11F3O. The highest BCUT2D eigenvalue weighted by Gasteiger charge is 2.28. The van der Waals surface area contributed by atoms with Crippen LogP contribution in [0, 0.1) is 5.82 Å². The molecule has 0 aliphatic rings. The third-order valence-corrected chi connectivity index (χ3v) is 1.96. The lowest BCUT2D eigenvalue weighted by Gasteiger charge is -2.12. The Morgan fingerprint density at radius 3 is 2.47 bits per heavy atom. The molecule has 0 saturated heterocycles. The molecule has 0 N–H and O–H groups in total. The zero-order valence-corrected chi connectivity index (χ0v) is 8.48. The number of rotatable bonds is 3. The van der Waals surface area contributed by atoms with E-state index in [0.717, 1.165) is 12.1 Å². The van der Waals surface area contributed by atoms with E-state index in [1.165, 1.54) is 13.0 Å². The van der Waals surface area contributed by atoms with Crippen molar-refractivity contribution in [3.63, 3.8) is 0 Å². The van der Waals surface area contributed by atoms with Gasteiger partial charge in [-0.3, -0.25) is 4.79 Å². The van der Waals surface area contributed by atoms with Crippen molar-refractivity contribution in [1.29, 1.82) is 0 Å². The van der Waals surface area contributed by atoms with E-state index < -0.39 is 17.3 Å². The van der Waals surface area contributed by atoms with Crippen LogP contribution in [0.2, 0.25) is 0 Å². The van der Waals surface area contributed by atoms with Gasteiger partial charge in [-0.2, -0.15) is 0 Å². The molecule has 0 atom stereocenters. The number of carbonyl (C=O) groups is 1. The Balaban J connectivity index is 3.11. The Morgan fingerprint density at radius 2 is 2.00 bits per heavy atom. The Kier molecular flexibility index (Phi) is 3.17. The van der Waals surface area contributed by atoms with E-state index >= 15 is 0 Å².